The van der Waals surface area contributed by atoms with Gasteiger partial charge in [0.1, 0.15) is 10.8 Å². The van der Waals surface area contributed by atoms with Gasteiger partial charge in [-0.15, -0.1) is 11.3 Å². The molecule has 5 nitrogen and oxygen atoms in total. The molecule has 0 bridgehead atoms. The Labute approximate surface area is 145 Å². The van der Waals surface area contributed by atoms with Crippen LogP contribution in [0.2, 0.25) is 0 Å². The molecule has 128 valence electrons. The van der Waals surface area contributed by atoms with E-state index in [1.165, 1.54) is 18.4 Å². The van der Waals surface area contributed by atoms with Crippen molar-refractivity contribution < 1.29 is 19.1 Å². The third-order valence-electron chi connectivity index (χ3n) is 3.35. The number of thiophene rings is 1. The van der Waals surface area contributed by atoms with Gasteiger partial charge in [-0.05, 0) is 31.5 Å². The first-order valence-corrected chi connectivity index (χ1v) is 8.66. The van der Waals surface area contributed by atoms with E-state index in [0.717, 1.165) is 17.7 Å². The standard InChI is InChI=1S/C18H21NO4S/c1-4-8-12-11-14(18(21)23-5-2)17(24-12)19-16(20)13-9-6-7-10-15(13)22-3/h6-7,9-11H,4-5,8H2,1-3H3,(H,19,20). The van der Waals surface area contributed by atoms with Crippen LogP contribution in [-0.4, -0.2) is 25.6 Å². The first-order chi connectivity index (χ1) is 11.6. The van der Waals surface area contributed by atoms with Crippen molar-refractivity contribution in [3.05, 3.63) is 46.3 Å². The predicted molar refractivity (Wildman–Crippen MR) is 95.2 cm³/mol. The molecule has 0 aliphatic carbocycles. The van der Waals surface area contributed by atoms with Gasteiger partial charge >= 0.3 is 5.97 Å². The van der Waals surface area contributed by atoms with Crippen LogP contribution in [0.4, 0.5) is 5.00 Å². The monoisotopic (exact) mass is 347 g/mol. The highest BCUT2D eigenvalue weighted by Crippen LogP contribution is 2.31. The molecule has 1 N–H and O–H groups in total. The van der Waals surface area contributed by atoms with Gasteiger partial charge in [0.05, 0.1) is 24.8 Å². The number of anilines is 1. The molecule has 0 aliphatic rings. The van der Waals surface area contributed by atoms with Crippen molar-refractivity contribution in [2.24, 2.45) is 0 Å². The number of aryl methyl sites for hydroxylation is 1. The van der Waals surface area contributed by atoms with Crippen molar-refractivity contribution in [1.29, 1.82) is 0 Å². The molecule has 0 aliphatic heterocycles. The molecule has 2 aromatic rings. The highest BCUT2D eigenvalue weighted by atomic mass is 32.1. The topological polar surface area (TPSA) is 64.6 Å². The molecule has 2 rings (SSSR count). The Kier molecular flexibility index (Phi) is 6.37. The lowest BCUT2D eigenvalue weighted by molar-refractivity contribution is 0.0528. The van der Waals surface area contributed by atoms with Crippen LogP contribution in [-0.2, 0) is 11.2 Å². The van der Waals surface area contributed by atoms with Crippen molar-refractivity contribution in [1.82, 2.24) is 0 Å². The molecule has 1 heterocycles. The van der Waals surface area contributed by atoms with Gasteiger partial charge in [0.15, 0.2) is 0 Å². The summed E-state index contributed by atoms with van der Waals surface area (Å²) in [7, 11) is 1.51. The summed E-state index contributed by atoms with van der Waals surface area (Å²) >= 11 is 1.40. The van der Waals surface area contributed by atoms with Gasteiger partial charge in [0, 0.05) is 4.88 Å². The summed E-state index contributed by atoms with van der Waals surface area (Å²) in [6.45, 7) is 4.11. The number of nitrogens with one attached hydrogen (secondary N) is 1. The number of carbonyl (C=O) groups excluding carboxylic acids is 2. The second-order valence-electron chi connectivity index (χ2n) is 5.08. The number of hydrogen-bond acceptors (Lipinski definition) is 5. The summed E-state index contributed by atoms with van der Waals surface area (Å²) in [5.74, 6) is -0.257. The first-order valence-electron chi connectivity index (χ1n) is 7.84. The molecule has 0 saturated heterocycles. The highest BCUT2D eigenvalue weighted by Gasteiger charge is 2.20. The lowest BCUT2D eigenvalue weighted by atomic mass is 10.2. The molecule has 0 spiro atoms. The van der Waals surface area contributed by atoms with E-state index in [0.29, 0.717) is 21.9 Å². The minimum absolute atomic E-state index is 0.289. The average molecular weight is 347 g/mol. The summed E-state index contributed by atoms with van der Waals surface area (Å²) in [6, 6.07) is 8.76. The average Bonchev–Trinajstić information content (AvgIpc) is 2.98. The Morgan fingerprint density at radius 1 is 1.17 bits per heavy atom. The summed E-state index contributed by atoms with van der Waals surface area (Å²) in [4.78, 5) is 25.7. The molecule has 24 heavy (non-hydrogen) atoms. The normalized spacial score (nSPS) is 10.3. The number of methoxy groups -OCH3 is 1. The van der Waals surface area contributed by atoms with Crippen molar-refractivity contribution >= 4 is 28.2 Å². The molecule has 1 aromatic heterocycles. The SMILES string of the molecule is CCCc1cc(C(=O)OCC)c(NC(=O)c2ccccc2OC)s1. The van der Waals surface area contributed by atoms with Crippen LogP contribution < -0.4 is 10.1 Å². The second kappa shape index (κ2) is 8.49. The van der Waals surface area contributed by atoms with E-state index < -0.39 is 5.97 Å². The largest absolute Gasteiger partial charge is 0.496 e. The van der Waals surface area contributed by atoms with Crippen LogP contribution in [0.25, 0.3) is 0 Å². The summed E-state index contributed by atoms with van der Waals surface area (Å²) in [5, 5.41) is 3.33. The summed E-state index contributed by atoms with van der Waals surface area (Å²) in [6.07, 6.45) is 1.81. The Balaban J connectivity index is 2.30. The Morgan fingerprint density at radius 3 is 2.58 bits per heavy atom. The number of carbonyl (C=O) groups is 2. The van der Waals surface area contributed by atoms with Gasteiger partial charge in [-0.1, -0.05) is 25.5 Å². The van der Waals surface area contributed by atoms with Crippen molar-refractivity contribution in [2.75, 3.05) is 19.0 Å². The van der Waals surface area contributed by atoms with E-state index in [-0.39, 0.29) is 12.5 Å². The van der Waals surface area contributed by atoms with Gasteiger partial charge in [-0.2, -0.15) is 0 Å². The third kappa shape index (κ3) is 4.14. The number of amides is 1. The van der Waals surface area contributed by atoms with E-state index in [4.69, 9.17) is 9.47 Å². The summed E-state index contributed by atoms with van der Waals surface area (Å²) < 4.78 is 10.3. The van der Waals surface area contributed by atoms with E-state index in [1.54, 1.807) is 37.3 Å². The molecular weight excluding hydrogens is 326 g/mol. The third-order valence-corrected chi connectivity index (χ3v) is 4.46. The smallest absolute Gasteiger partial charge is 0.341 e. The number of benzene rings is 1. The molecule has 0 unspecified atom stereocenters. The van der Waals surface area contributed by atoms with Crippen LogP contribution in [0.15, 0.2) is 30.3 Å². The van der Waals surface area contributed by atoms with Crippen molar-refractivity contribution in [2.45, 2.75) is 26.7 Å². The van der Waals surface area contributed by atoms with Gasteiger partial charge in [0.2, 0.25) is 0 Å². The minimum atomic E-state index is -0.425. The summed E-state index contributed by atoms with van der Waals surface area (Å²) in [5.41, 5.74) is 0.814. The van der Waals surface area contributed by atoms with Crippen LogP contribution in [0.1, 0.15) is 45.9 Å². The molecule has 1 aromatic carbocycles. The Morgan fingerprint density at radius 2 is 1.92 bits per heavy atom. The van der Waals surface area contributed by atoms with E-state index in [1.807, 2.05) is 0 Å². The second-order valence-corrected chi connectivity index (χ2v) is 6.22. The van der Waals surface area contributed by atoms with Gasteiger partial charge < -0.3 is 14.8 Å². The maximum Gasteiger partial charge on any atom is 0.341 e. The number of para-hydroxylation sites is 1. The maximum absolute atomic E-state index is 12.6. The molecule has 0 fully saturated rings. The lowest BCUT2D eigenvalue weighted by Gasteiger charge is -2.09. The fourth-order valence-corrected chi connectivity index (χ4v) is 3.41. The lowest BCUT2D eigenvalue weighted by Crippen LogP contribution is -2.15. The molecule has 6 heteroatoms. The molecule has 0 saturated carbocycles. The number of ether oxygens (including phenoxy) is 2. The van der Waals surface area contributed by atoms with Gasteiger partial charge in [0.25, 0.3) is 5.91 Å². The van der Waals surface area contributed by atoms with Gasteiger partial charge in [-0.3, -0.25) is 4.79 Å². The van der Waals surface area contributed by atoms with Gasteiger partial charge in [-0.25, -0.2) is 4.79 Å². The fourth-order valence-electron chi connectivity index (χ4n) is 2.27. The van der Waals surface area contributed by atoms with E-state index in [2.05, 4.69) is 12.2 Å². The predicted octanol–water partition coefficient (Wildman–Crippen LogP) is 4.14. The maximum atomic E-state index is 12.6. The van der Waals surface area contributed by atoms with Crippen LogP contribution in [0.3, 0.4) is 0 Å². The zero-order valence-corrected chi connectivity index (χ0v) is 14.9. The highest BCUT2D eigenvalue weighted by molar-refractivity contribution is 7.16. The quantitative estimate of drug-likeness (QED) is 0.765. The fraction of sp³-hybridized carbons (Fsp3) is 0.333. The Hall–Kier alpha value is -2.34. The van der Waals surface area contributed by atoms with Crippen molar-refractivity contribution in [3.8, 4) is 5.75 Å². The van der Waals surface area contributed by atoms with Crippen LogP contribution in [0.5, 0.6) is 5.75 Å². The minimum Gasteiger partial charge on any atom is -0.496 e. The molecule has 0 atom stereocenters. The number of hydrogen-bond donors (Lipinski definition) is 1. The zero-order valence-electron chi connectivity index (χ0n) is 14.0. The first kappa shape index (κ1) is 18.0. The number of rotatable bonds is 7. The molecule has 1 amide bonds. The van der Waals surface area contributed by atoms with Crippen LogP contribution in [0, 0.1) is 0 Å². The zero-order chi connectivity index (χ0) is 17.5. The Bertz CT molecular complexity index is 724. The number of esters is 1. The molecule has 0 radical (unpaired) electrons. The molecular formula is C18H21NO4S. The van der Waals surface area contributed by atoms with Crippen LogP contribution >= 0.6 is 11.3 Å². The van der Waals surface area contributed by atoms with E-state index >= 15 is 0 Å². The van der Waals surface area contributed by atoms with E-state index in [9.17, 15) is 9.59 Å². The van der Waals surface area contributed by atoms with Crippen molar-refractivity contribution in [3.63, 3.8) is 0 Å².